The molecule has 0 aromatic heterocycles. The topological polar surface area (TPSA) is 17.1 Å². The molecule has 22 heavy (non-hydrogen) atoms. The van der Waals surface area contributed by atoms with Crippen molar-refractivity contribution in [3.63, 3.8) is 0 Å². The van der Waals surface area contributed by atoms with Gasteiger partial charge in [-0.15, -0.1) is 0 Å². The van der Waals surface area contributed by atoms with Crippen LogP contribution in [0.2, 0.25) is 0 Å². The van der Waals surface area contributed by atoms with Gasteiger partial charge in [0.1, 0.15) is 0 Å². The number of hydrogen-bond acceptors (Lipinski definition) is 1. The van der Waals surface area contributed by atoms with Crippen LogP contribution in [-0.4, -0.2) is 0 Å². The van der Waals surface area contributed by atoms with Gasteiger partial charge in [-0.05, 0) is 44.4 Å². The molecule has 1 nitrogen and oxygen atoms in total. The summed E-state index contributed by atoms with van der Waals surface area (Å²) in [6.07, 6.45) is 1.95. The van der Waals surface area contributed by atoms with E-state index in [-0.39, 0.29) is 0 Å². The molecule has 0 fully saturated rings. The summed E-state index contributed by atoms with van der Waals surface area (Å²) in [5.41, 5.74) is 2.96. The number of benzene rings is 2. The lowest BCUT2D eigenvalue weighted by Gasteiger charge is -2.25. The highest BCUT2D eigenvalue weighted by Crippen LogP contribution is 2.55. The standard InChI is InChI=1S/C20H23OP/c1-6-18(15(2)3)22(21,19-13-9-7-11-16(19)4)20-14-10-8-12-17(20)5/h6-14H,2H2,1,3-5H3/b18-6+. The fourth-order valence-corrected chi connectivity index (χ4v) is 6.33. The van der Waals surface area contributed by atoms with Crippen molar-refractivity contribution in [1.29, 1.82) is 0 Å². The minimum absolute atomic E-state index is 0.844. The summed E-state index contributed by atoms with van der Waals surface area (Å²) in [5, 5.41) is 2.65. The van der Waals surface area contributed by atoms with E-state index in [0.29, 0.717) is 0 Å². The lowest BCUT2D eigenvalue weighted by Crippen LogP contribution is -2.22. The average molecular weight is 310 g/mol. The summed E-state index contributed by atoms with van der Waals surface area (Å²) in [5.74, 6) is 0. The molecule has 0 heterocycles. The Bertz CT molecular complexity index is 734. The Morgan fingerprint density at radius 2 is 1.36 bits per heavy atom. The van der Waals surface area contributed by atoms with E-state index in [0.717, 1.165) is 32.6 Å². The summed E-state index contributed by atoms with van der Waals surface area (Å²) < 4.78 is 14.3. The molecule has 0 aliphatic rings. The maximum Gasteiger partial charge on any atom is 0.171 e. The molecule has 0 bridgehead atoms. The van der Waals surface area contributed by atoms with Crippen LogP contribution < -0.4 is 10.6 Å². The molecule has 0 aliphatic carbocycles. The normalized spacial score (nSPS) is 12.3. The highest BCUT2D eigenvalue weighted by atomic mass is 31.2. The van der Waals surface area contributed by atoms with Crippen LogP contribution in [0.4, 0.5) is 0 Å². The van der Waals surface area contributed by atoms with E-state index in [1.165, 1.54) is 0 Å². The molecule has 2 rings (SSSR count). The zero-order chi connectivity index (χ0) is 16.3. The third-order valence-electron chi connectivity index (χ3n) is 3.96. The fourth-order valence-electron chi connectivity index (χ4n) is 2.92. The second-order valence-electron chi connectivity index (χ2n) is 5.64. The number of aryl methyl sites for hydroxylation is 2. The van der Waals surface area contributed by atoms with Crippen LogP contribution >= 0.6 is 7.14 Å². The molecule has 0 aliphatic heterocycles. The lowest BCUT2D eigenvalue weighted by molar-refractivity contribution is 0.590. The zero-order valence-electron chi connectivity index (χ0n) is 13.8. The summed E-state index contributed by atoms with van der Waals surface area (Å²) in [6, 6.07) is 15.9. The minimum atomic E-state index is -2.90. The summed E-state index contributed by atoms with van der Waals surface area (Å²) in [6.45, 7) is 12.0. The second-order valence-corrected chi connectivity index (χ2v) is 8.30. The van der Waals surface area contributed by atoms with E-state index in [1.807, 2.05) is 82.3 Å². The van der Waals surface area contributed by atoms with Crippen LogP contribution in [-0.2, 0) is 4.57 Å². The molecule has 0 atom stereocenters. The van der Waals surface area contributed by atoms with E-state index in [4.69, 9.17) is 0 Å². The molecule has 0 amide bonds. The Morgan fingerprint density at radius 3 is 1.68 bits per heavy atom. The molecule has 2 heteroatoms. The first-order valence-corrected chi connectivity index (χ1v) is 9.18. The maximum absolute atomic E-state index is 14.3. The largest absolute Gasteiger partial charge is 0.309 e. The van der Waals surface area contributed by atoms with Crippen LogP contribution in [0.15, 0.2) is 72.1 Å². The first-order chi connectivity index (χ1) is 10.4. The van der Waals surface area contributed by atoms with Crippen LogP contribution in [0.3, 0.4) is 0 Å². The molecule has 0 unspecified atom stereocenters. The first kappa shape index (κ1) is 16.5. The zero-order valence-corrected chi connectivity index (χ0v) is 14.7. The Labute approximate surface area is 133 Å². The Kier molecular flexibility index (Phi) is 4.88. The minimum Gasteiger partial charge on any atom is -0.309 e. The van der Waals surface area contributed by atoms with Crippen molar-refractivity contribution in [1.82, 2.24) is 0 Å². The van der Waals surface area contributed by atoms with Crippen molar-refractivity contribution in [2.45, 2.75) is 27.7 Å². The van der Waals surface area contributed by atoms with Gasteiger partial charge in [-0.2, -0.15) is 0 Å². The Morgan fingerprint density at radius 1 is 0.955 bits per heavy atom. The predicted octanol–water partition coefficient (Wildman–Crippen LogP) is 5.10. The van der Waals surface area contributed by atoms with E-state index < -0.39 is 7.14 Å². The average Bonchev–Trinajstić information content (AvgIpc) is 2.48. The molecule has 0 saturated heterocycles. The van der Waals surface area contributed by atoms with Crippen LogP contribution in [0.1, 0.15) is 25.0 Å². The Hall–Kier alpha value is -1.85. The molecule has 0 saturated carbocycles. The monoisotopic (exact) mass is 310 g/mol. The molecule has 0 radical (unpaired) electrons. The summed E-state index contributed by atoms with van der Waals surface area (Å²) >= 11 is 0. The van der Waals surface area contributed by atoms with Crippen LogP contribution in [0.5, 0.6) is 0 Å². The van der Waals surface area contributed by atoms with E-state index in [1.54, 1.807) is 0 Å². The third kappa shape index (κ3) is 2.74. The van der Waals surface area contributed by atoms with Crippen molar-refractivity contribution >= 4 is 17.8 Å². The summed E-state index contributed by atoms with van der Waals surface area (Å²) in [7, 11) is -2.90. The Balaban J connectivity index is 2.89. The van der Waals surface area contributed by atoms with Gasteiger partial charge in [-0.25, -0.2) is 0 Å². The highest BCUT2D eigenvalue weighted by molar-refractivity contribution is 7.82. The van der Waals surface area contributed by atoms with Gasteiger partial charge in [0.25, 0.3) is 0 Å². The smallest absolute Gasteiger partial charge is 0.171 e. The predicted molar refractivity (Wildman–Crippen MR) is 97.8 cm³/mol. The molecule has 0 N–H and O–H groups in total. The molecule has 2 aromatic rings. The highest BCUT2D eigenvalue weighted by Gasteiger charge is 2.34. The van der Waals surface area contributed by atoms with Crippen molar-refractivity contribution in [3.05, 3.63) is 83.2 Å². The van der Waals surface area contributed by atoms with Crippen molar-refractivity contribution in [2.24, 2.45) is 0 Å². The molecular weight excluding hydrogens is 287 g/mol. The molecule has 0 spiro atoms. The van der Waals surface area contributed by atoms with Gasteiger partial charge in [-0.1, -0.05) is 61.2 Å². The molecule has 114 valence electrons. The van der Waals surface area contributed by atoms with E-state index in [2.05, 4.69) is 6.58 Å². The van der Waals surface area contributed by atoms with E-state index >= 15 is 0 Å². The molecule has 2 aromatic carbocycles. The van der Waals surface area contributed by atoms with Gasteiger partial charge >= 0.3 is 0 Å². The van der Waals surface area contributed by atoms with Gasteiger partial charge in [0.05, 0.1) is 0 Å². The van der Waals surface area contributed by atoms with Crippen molar-refractivity contribution in [3.8, 4) is 0 Å². The van der Waals surface area contributed by atoms with Crippen LogP contribution in [0.25, 0.3) is 0 Å². The molecular formula is C20H23OP. The third-order valence-corrected chi connectivity index (χ3v) is 7.64. The van der Waals surface area contributed by atoms with Gasteiger partial charge < -0.3 is 4.57 Å². The quantitative estimate of drug-likeness (QED) is 0.567. The number of hydrogen-bond donors (Lipinski definition) is 0. The van der Waals surface area contributed by atoms with Gasteiger partial charge in [0.2, 0.25) is 0 Å². The number of allylic oxidation sites excluding steroid dienone is 3. The van der Waals surface area contributed by atoms with Gasteiger partial charge in [-0.3, -0.25) is 0 Å². The van der Waals surface area contributed by atoms with E-state index in [9.17, 15) is 4.57 Å². The lowest BCUT2D eigenvalue weighted by atomic mass is 10.2. The SMILES string of the molecule is C=C(C)/C(=C\C)P(=O)(c1ccccc1C)c1ccccc1C. The van der Waals surface area contributed by atoms with Crippen LogP contribution in [0, 0.1) is 13.8 Å². The van der Waals surface area contributed by atoms with Gasteiger partial charge in [0, 0.05) is 15.9 Å². The van der Waals surface area contributed by atoms with Crippen molar-refractivity contribution < 1.29 is 4.57 Å². The summed E-state index contributed by atoms with van der Waals surface area (Å²) in [4.78, 5) is 0. The number of rotatable bonds is 4. The second kappa shape index (κ2) is 6.50. The fraction of sp³-hybridized carbons (Fsp3) is 0.200. The van der Waals surface area contributed by atoms with Gasteiger partial charge in [0.15, 0.2) is 7.14 Å². The first-order valence-electron chi connectivity index (χ1n) is 7.48. The van der Waals surface area contributed by atoms with Crippen molar-refractivity contribution in [2.75, 3.05) is 0 Å². The maximum atomic E-state index is 14.3.